The molecule has 0 saturated carbocycles. The van der Waals surface area contributed by atoms with Crippen LogP contribution in [-0.2, 0) is 4.74 Å². The van der Waals surface area contributed by atoms with Crippen LogP contribution in [0.25, 0.3) is 33.4 Å². The molecular formula is C31H27F2N5O. The molecule has 0 unspecified atom stereocenters. The Hall–Kier alpha value is -4.43. The molecule has 0 amide bonds. The molecule has 196 valence electrons. The summed E-state index contributed by atoms with van der Waals surface area (Å²) in [7, 11) is 0. The molecule has 1 aliphatic heterocycles. The molecule has 8 heteroatoms. The average molecular weight is 524 g/mol. The zero-order valence-electron chi connectivity index (χ0n) is 21.7. The summed E-state index contributed by atoms with van der Waals surface area (Å²) >= 11 is 0. The first kappa shape index (κ1) is 24.9. The number of rotatable bonds is 5. The molecule has 6 rings (SSSR count). The van der Waals surface area contributed by atoms with Gasteiger partial charge in [-0.3, -0.25) is 4.98 Å². The fourth-order valence-electron chi connectivity index (χ4n) is 4.93. The fourth-order valence-corrected chi connectivity index (χ4v) is 4.93. The standard InChI is InChI=1S/C31H27F2N5O/c1-19-6-8-21(9-7-19)23-18-35-28(38-11-13-39-14-12-38)17-26(23)36-31-20(2)30(25-5-3-4-10-34-25)37-27-16-22(32)15-24(33)29(27)31/h3-10,15-18H,11-14H2,1-2H3,(H,35,36,37). The van der Waals surface area contributed by atoms with Gasteiger partial charge in [0.05, 0.1) is 46.9 Å². The fraction of sp³-hybridized carbons (Fsp3) is 0.194. The van der Waals surface area contributed by atoms with E-state index in [1.165, 1.54) is 6.07 Å². The van der Waals surface area contributed by atoms with Crippen LogP contribution in [0.5, 0.6) is 0 Å². The van der Waals surface area contributed by atoms with E-state index in [9.17, 15) is 4.39 Å². The van der Waals surface area contributed by atoms with Gasteiger partial charge in [-0.05, 0) is 31.5 Å². The van der Waals surface area contributed by atoms with Gasteiger partial charge in [0.15, 0.2) is 0 Å². The van der Waals surface area contributed by atoms with Crippen LogP contribution in [0.15, 0.2) is 73.1 Å². The number of anilines is 3. The number of pyridine rings is 3. The van der Waals surface area contributed by atoms with Crippen LogP contribution in [0.4, 0.5) is 26.0 Å². The minimum Gasteiger partial charge on any atom is -0.378 e. The van der Waals surface area contributed by atoms with Crippen LogP contribution in [0.1, 0.15) is 11.1 Å². The lowest BCUT2D eigenvalue weighted by molar-refractivity contribution is 0.122. The molecule has 1 N–H and O–H groups in total. The summed E-state index contributed by atoms with van der Waals surface area (Å²) in [6.45, 7) is 6.62. The molecule has 1 saturated heterocycles. The summed E-state index contributed by atoms with van der Waals surface area (Å²) in [5, 5.41) is 3.73. The largest absolute Gasteiger partial charge is 0.378 e. The quantitative estimate of drug-likeness (QED) is 0.272. The van der Waals surface area contributed by atoms with Gasteiger partial charge in [0.2, 0.25) is 0 Å². The Morgan fingerprint density at radius 1 is 0.923 bits per heavy atom. The third-order valence-corrected chi connectivity index (χ3v) is 7.00. The first-order valence-electron chi connectivity index (χ1n) is 12.9. The van der Waals surface area contributed by atoms with Crippen LogP contribution in [-0.4, -0.2) is 41.3 Å². The van der Waals surface area contributed by atoms with Crippen LogP contribution in [0, 0.1) is 25.5 Å². The van der Waals surface area contributed by atoms with E-state index in [-0.39, 0.29) is 10.9 Å². The first-order valence-corrected chi connectivity index (χ1v) is 12.9. The van der Waals surface area contributed by atoms with Crippen molar-refractivity contribution in [2.45, 2.75) is 13.8 Å². The monoisotopic (exact) mass is 523 g/mol. The maximum Gasteiger partial charge on any atom is 0.137 e. The zero-order valence-corrected chi connectivity index (χ0v) is 21.7. The number of morpholine rings is 1. The first-order chi connectivity index (χ1) is 19.0. The number of fused-ring (bicyclic) bond motifs is 1. The Balaban J connectivity index is 1.56. The van der Waals surface area contributed by atoms with Crippen molar-refractivity contribution in [2.24, 2.45) is 0 Å². The summed E-state index contributed by atoms with van der Waals surface area (Å²) in [5.41, 5.74) is 6.31. The van der Waals surface area contributed by atoms with E-state index in [2.05, 4.69) is 20.2 Å². The number of benzene rings is 2. The predicted octanol–water partition coefficient (Wildman–Crippen LogP) is 6.83. The molecule has 0 aliphatic carbocycles. The molecule has 3 aromatic heterocycles. The van der Waals surface area contributed by atoms with Gasteiger partial charge >= 0.3 is 0 Å². The number of ether oxygens (including phenoxy) is 1. The second-order valence-electron chi connectivity index (χ2n) is 9.64. The highest BCUT2D eigenvalue weighted by Crippen LogP contribution is 2.39. The highest BCUT2D eigenvalue weighted by atomic mass is 19.1. The molecule has 4 heterocycles. The lowest BCUT2D eigenvalue weighted by Gasteiger charge is -2.28. The summed E-state index contributed by atoms with van der Waals surface area (Å²) in [5.74, 6) is -0.577. The predicted molar refractivity (Wildman–Crippen MR) is 150 cm³/mol. The Morgan fingerprint density at radius 3 is 2.46 bits per heavy atom. The van der Waals surface area contributed by atoms with Crippen molar-refractivity contribution in [2.75, 3.05) is 36.5 Å². The number of nitrogens with zero attached hydrogens (tertiary/aromatic N) is 4. The van der Waals surface area contributed by atoms with Gasteiger partial charge < -0.3 is 15.0 Å². The van der Waals surface area contributed by atoms with Gasteiger partial charge in [0.1, 0.15) is 17.5 Å². The van der Waals surface area contributed by atoms with E-state index in [4.69, 9.17) is 9.72 Å². The van der Waals surface area contributed by atoms with Gasteiger partial charge in [-0.25, -0.2) is 18.7 Å². The molecule has 0 bridgehead atoms. The molecule has 0 atom stereocenters. The lowest BCUT2D eigenvalue weighted by atomic mass is 10.0. The Labute approximate surface area is 225 Å². The molecule has 6 nitrogen and oxygen atoms in total. The summed E-state index contributed by atoms with van der Waals surface area (Å²) in [6, 6.07) is 17.8. The number of hydrogen-bond acceptors (Lipinski definition) is 6. The van der Waals surface area contributed by atoms with Gasteiger partial charge in [-0.15, -0.1) is 0 Å². The highest BCUT2D eigenvalue weighted by Gasteiger charge is 2.21. The Bertz CT molecular complexity index is 1650. The number of halogens is 2. The molecular weight excluding hydrogens is 496 g/mol. The smallest absolute Gasteiger partial charge is 0.137 e. The van der Waals surface area contributed by atoms with E-state index in [0.29, 0.717) is 35.9 Å². The Morgan fingerprint density at radius 2 is 1.72 bits per heavy atom. The van der Waals surface area contributed by atoms with Crippen molar-refractivity contribution in [3.63, 3.8) is 0 Å². The minimum absolute atomic E-state index is 0.209. The number of aryl methyl sites for hydroxylation is 1. The van der Waals surface area contributed by atoms with E-state index >= 15 is 4.39 Å². The van der Waals surface area contributed by atoms with Gasteiger partial charge in [-0.2, -0.15) is 0 Å². The normalized spacial score (nSPS) is 13.6. The van der Waals surface area contributed by atoms with Crippen molar-refractivity contribution in [3.8, 4) is 22.5 Å². The Kier molecular flexibility index (Phi) is 6.62. The van der Waals surface area contributed by atoms with Crippen LogP contribution in [0.2, 0.25) is 0 Å². The zero-order chi connectivity index (χ0) is 26.9. The number of aromatic nitrogens is 3. The van der Waals surface area contributed by atoms with E-state index in [0.717, 1.165) is 47.4 Å². The highest BCUT2D eigenvalue weighted by molar-refractivity contribution is 5.99. The second-order valence-corrected chi connectivity index (χ2v) is 9.64. The molecule has 2 aromatic carbocycles. The van der Waals surface area contributed by atoms with Gasteiger partial charge in [-0.1, -0.05) is 35.9 Å². The summed E-state index contributed by atoms with van der Waals surface area (Å²) < 4.78 is 35.2. The van der Waals surface area contributed by atoms with Crippen molar-refractivity contribution >= 4 is 28.1 Å². The van der Waals surface area contributed by atoms with Gasteiger partial charge in [0, 0.05) is 54.8 Å². The van der Waals surface area contributed by atoms with Crippen molar-refractivity contribution < 1.29 is 13.5 Å². The van der Waals surface area contributed by atoms with Crippen LogP contribution in [0.3, 0.4) is 0 Å². The molecule has 1 aliphatic rings. The number of hydrogen-bond donors (Lipinski definition) is 1. The maximum absolute atomic E-state index is 15.4. The average Bonchev–Trinajstić information content (AvgIpc) is 2.95. The second kappa shape index (κ2) is 10.4. The van der Waals surface area contributed by atoms with Crippen molar-refractivity contribution in [1.82, 2.24) is 15.0 Å². The molecule has 5 aromatic rings. The maximum atomic E-state index is 15.4. The lowest BCUT2D eigenvalue weighted by Crippen LogP contribution is -2.36. The van der Waals surface area contributed by atoms with Crippen molar-refractivity contribution in [3.05, 3.63) is 95.8 Å². The molecule has 0 radical (unpaired) electrons. The third-order valence-electron chi connectivity index (χ3n) is 7.00. The van der Waals surface area contributed by atoms with E-state index < -0.39 is 11.6 Å². The SMILES string of the molecule is Cc1ccc(-c2cnc(N3CCOCC3)cc2Nc2c(C)c(-c3ccccn3)nc3cc(F)cc(F)c23)cc1. The number of nitrogens with one attached hydrogen (secondary N) is 1. The minimum atomic E-state index is -0.687. The summed E-state index contributed by atoms with van der Waals surface area (Å²) in [4.78, 5) is 16.0. The van der Waals surface area contributed by atoms with E-state index in [1.807, 2.05) is 68.6 Å². The molecule has 1 fully saturated rings. The molecule has 39 heavy (non-hydrogen) atoms. The van der Waals surface area contributed by atoms with Crippen LogP contribution < -0.4 is 10.2 Å². The van der Waals surface area contributed by atoms with Crippen molar-refractivity contribution in [1.29, 1.82) is 0 Å². The third kappa shape index (κ3) is 4.91. The van der Waals surface area contributed by atoms with Gasteiger partial charge in [0.25, 0.3) is 0 Å². The van der Waals surface area contributed by atoms with Crippen LogP contribution >= 0.6 is 0 Å². The van der Waals surface area contributed by atoms with E-state index in [1.54, 1.807) is 6.20 Å². The summed E-state index contributed by atoms with van der Waals surface area (Å²) in [6.07, 6.45) is 3.51. The topological polar surface area (TPSA) is 63.2 Å². The molecule has 0 spiro atoms.